The van der Waals surface area contributed by atoms with Crippen LogP contribution in [0.3, 0.4) is 0 Å². The summed E-state index contributed by atoms with van der Waals surface area (Å²) in [6, 6.07) is 0.882. The molecule has 1 aliphatic rings. The molecule has 0 radical (unpaired) electrons. The van der Waals surface area contributed by atoms with Gasteiger partial charge in [0.1, 0.15) is 6.04 Å². The number of morpholine rings is 1. The van der Waals surface area contributed by atoms with Gasteiger partial charge in [-0.25, -0.2) is 18.0 Å². The standard InChI is InChI=1S/C17H23F3N2O3/c1-11-10-25-7-6-22(11)5-4-21(2)16(17(23)24-3)12-8-13(18)15(20)14(19)9-12/h8-9,11,16H,4-7,10H2,1-3H3. The average molecular weight is 360 g/mol. The van der Waals surface area contributed by atoms with E-state index in [1.165, 1.54) is 7.11 Å². The molecule has 0 aliphatic carbocycles. The van der Waals surface area contributed by atoms with E-state index in [0.717, 1.165) is 18.7 Å². The van der Waals surface area contributed by atoms with Crippen molar-refractivity contribution in [2.45, 2.75) is 19.0 Å². The predicted octanol–water partition coefficient (Wildman–Crippen LogP) is 1.97. The number of halogens is 3. The van der Waals surface area contributed by atoms with E-state index in [1.54, 1.807) is 11.9 Å². The molecular formula is C17H23F3N2O3. The fourth-order valence-corrected chi connectivity index (χ4v) is 2.92. The summed E-state index contributed by atoms with van der Waals surface area (Å²) in [5, 5.41) is 0. The second kappa shape index (κ2) is 8.64. The fraction of sp³-hybridized carbons (Fsp3) is 0.588. The highest BCUT2D eigenvalue weighted by atomic mass is 19.2. The van der Waals surface area contributed by atoms with Crippen molar-refractivity contribution in [2.24, 2.45) is 0 Å². The number of hydrogen-bond donors (Lipinski definition) is 0. The molecule has 2 rings (SSSR count). The van der Waals surface area contributed by atoms with Crippen LogP contribution in [0.5, 0.6) is 0 Å². The van der Waals surface area contributed by atoms with Crippen LogP contribution in [-0.2, 0) is 14.3 Å². The van der Waals surface area contributed by atoms with Crippen molar-refractivity contribution in [1.82, 2.24) is 9.80 Å². The predicted molar refractivity (Wildman–Crippen MR) is 85.6 cm³/mol. The molecular weight excluding hydrogens is 337 g/mol. The number of nitrogens with zero attached hydrogens (tertiary/aromatic N) is 2. The van der Waals surface area contributed by atoms with E-state index in [4.69, 9.17) is 9.47 Å². The third kappa shape index (κ3) is 4.71. The van der Waals surface area contributed by atoms with Crippen molar-refractivity contribution in [1.29, 1.82) is 0 Å². The van der Waals surface area contributed by atoms with Crippen LogP contribution in [0.1, 0.15) is 18.5 Å². The Morgan fingerprint density at radius 3 is 2.60 bits per heavy atom. The highest BCUT2D eigenvalue weighted by molar-refractivity contribution is 5.77. The summed E-state index contributed by atoms with van der Waals surface area (Å²) in [4.78, 5) is 16.0. The normalized spacial score (nSPS) is 19.9. The molecule has 25 heavy (non-hydrogen) atoms. The first kappa shape index (κ1) is 19.7. The van der Waals surface area contributed by atoms with Gasteiger partial charge in [-0.05, 0) is 31.7 Å². The molecule has 0 bridgehead atoms. The number of carbonyl (C=O) groups excluding carboxylic acids is 1. The van der Waals surface area contributed by atoms with E-state index < -0.39 is 29.5 Å². The van der Waals surface area contributed by atoms with Gasteiger partial charge < -0.3 is 9.47 Å². The number of esters is 1. The van der Waals surface area contributed by atoms with Crippen LogP contribution in [0.15, 0.2) is 12.1 Å². The van der Waals surface area contributed by atoms with Crippen LogP contribution in [0.4, 0.5) is 13.2 Å². The number of likely N-dealkylation sites (N-methyl/N-ethyl adjacent to an activating group) is 1. The molecule has 0 N–H and O–H groups in total. The molecule has 0 aromatic heterocycles. The molecule has 1 aromatic carbocycles. The average Bonchev–Trinajstić information content (AvgIpc) is 2.58. The van der Waals surface area contributed by atoms with Gasteiger partial charge in [-0.2, -0.15) is 0 Å². The van der Waals surface area contributed by atoms with Gasteiger partial charge in [0, 0.05) is 25.7 Å². The van der Waals surface area contributed by atoms with E-state index in [2.05, 4.69) is 4.90 Å². The first-order valence-corrected chi connectivity index (χ1v) is 8.09. The summed E-state index contributed by atoms with van der Waals surface area (Å²) in [6.45, 7) is 5.21. The van der Waals surface area contributed by atoms with Gasteiger partial charge in [0.2, 0.25) is 0 Å². The molecule has 1 fully saturated rings. The summed E-state index contributed by atoms with van der Waals surface area (Å²) in [6.07, 6.45) is 0. The quantitative estimate of drug-likeness (QED) is 0.573. The minimum absolute atomic E-state index is 0.0146. The molecule has 2 atom stereocenters. The van der Waals surface area contributed by atoms with Crippen LogP contribution in [0.2, 0.25) is 0 Å². The first-order chi connectivity index (χ1) is 11.8. The van der Waals surface area contributed by atoms with Crippen molar-refractivity contribution >= 4 is 5.97 Å². The zero-order valence-electron chi connectivity index (χ0n) is 14.6. The summed E-state index contributed by atoms with van der Waals surface area (Å²) >= 11 is 0. The summed E-state index contributed by atoms with van der Waals surface area (Å²) < 4.78 is 50.4. The smallest absolute Gasteiger partial charge is 0.327 e. The second-order valence-electron chi connectivity index (χ2n) is 6.16. The van der Waals surface area contributed by atoms with E-state index >= 15 is 0 Å². The van der Waals surface area contributed by atoms with Crippen molar-refractivity contribution in [3.05, 3.63) is 35.1 Å². The number of carbonyl (C=O) groups is 1. The minimum atomic E-state index is -1.56. The maximum Gasteiger partial charge on any atom is 0.327 e. The molecule has 5 nitrogen and oxygen atoms in total. The van der Waals surface area contributed by atoms with Crippen LogP contribution in [0, 0.1) is 17.5 Å². The monoisotopic (exact) mass is 360 g/mol. The Morgan fingerprint density at radius 1 is 1.40 bits per heavy atom. The Labute approximate surface area is 145 Å². The number of ether oxygens (including phenoxy) is 2. The van der Waals surface area contributed by atoms with Gasteiger partial charge in [-0.3, -0.25) is 9.80 Å². The minimum Gasteiger partial charge on any atom is -0.468 e. The number of benzene rings is 1. The van der Waals surface area contributed by atoms with Crippen molar-refractivity contribution < 1.29 is 27.4 Å². The highest BCUT2D eigenvalue weighted by Crippen LogP contribution is 2.25. The summed E-state index contributed by atoms with van der Waals surface area (Å²) in [5.41, 5.74) is 0.0146. The largest absolute Gasteiger partial charge is 0.468 e. The van der Waals surface area contributed by atoms with Gasteiger partial charge in [-0.1, -0.05) is 0 Å². The van der Waals surface area contributed by atoms with Crippen molar-refractivity contribution in [2.75, 3.05) is 47.0 Å². The van der Waals surface area contributed by atoms with Gasteiger partial charge in [0.15, 0.2) is 17.5 Å². The number of rotatable bonds is 6. The zero-order valence-corrected chi connectivity index (χ0v) is 14.6. The molecule has 1 saturated heterocycles. The SMILES string of the molecule is COC(=O)C(c1cc(F)c(F)c(F)c1)N(C)CCN1CCOCC1C. The second-order valence-corrected chi connectivity index (χ2v) is 6.16. The van der Waals surface area contributed by atoms with E-state index in [9.17, 15) is 18.0 Å². The number of hydrogen-bond acceptors (Lipinski definition) is 5. The summed E-state index contributed by atoms with van der Waals surface area (Å²) in [5.74, 6) is -4.89. The fourth-order valence-electron chi connectivity index (χ4n) is 2.92. The lowest BCUT2D eigenvalue weighted by atomic mass is 10.0. The van der Waals surface area contributed by atoms with Crippen molar-refractivity contribution in [3.63, 3.8) is 0 Å². The van der Waals surface area contributed by atoms with Gasteiger partial charge in [0.05, 0.1) is 20.3 Å². The zero-order chi connectivity index (χ0) is 18.6. The molecule has 1 aromatic rings. The lowest BCUT2D eigenvalue weighted by Gasteiger charge is -2.35. The van der Waals surface area contributed by atoms with Crippen LogP contribution >= 0.6 is 0 Å². The molecule has 0 saturated carbocycles. The third-order valence-corrected chi connectivity index (χ3v) is 4.43. The molecule has 2 unspecified atom stereocenters. The summed E-state index contributed by atoms with van der Waals surface area (Å²) in [7, 11) is 2.86. The van der Waals surface area contributed by atoms with Crippen molar-refractivity contribution in [3.8, 4) is 0 Å². The van der Waals surface area contributed by atoms with Gasteiger partial charge >= 0.3 is 5.97 Å². The number of methoxy groups -OCH3 is 1. The maximum absolute atomic E-state index is 13.6. The molecule has 1 heterocycles. The van der Waals surface area contributed by atoms with E-state index in [0.29, 0.717) is 26.3 Å². The van der Waals surface area contributed by atoms with Crippen LogP contribution in [-0.4, -0.2) is 68.8 Å². The van der Waals surface area contributed by atoms with Crippen LogP contribution < -0.4 is 0 Å². The Morgan fingerprint density at radius 2 is 2.04 bits per heavy atom. The molecule has 1 aliphatic heterocycles. The maximum atomic E-state index is 13.6. The Kier molecular flexibility index (Phi) is 6.80. The topological polar surface area (TPSA) is 42.0 Å². The van der Waals surface area contributed by atoms with E-state index in [1.807, 2.05) is 6.92 Å². The van der Waals surface area contributed by atoms with E-state index in [-0.39, 0.29) is 11.6 Å². The molecule has 8 heteroatoms. The Balaban J connectivity index is 2.15. The van der Waals surface area contributed by atoms with Gasteiger partial charge in [0.25, 0.3) is 0 Å². The lowest BCUT2D eigenvalue weighted by Crippen LogP contribution is -2.47. The first-order valence-electron chi connectivity index (χ1n) is 8.09. The third-order valence-electron chi connectivity index (χ3n) is 4.43. The van der Waals surface area contributed by atoms with Gasteiger partial charge in [-0.15, -0.1) is 0 Å². The Bertz CT molecular complexity index is 592. The van der Waals surface area contributed by atoms with Crippen LogP contribution in [0.25, 0.3) is 0 Å². The molecule has 0 amide bonds. The molecule has 0 spiro atoms. The highest BCUT2D eigenvalue weighted by Gasteiger charge is 2.29. The lowest BCUT2D eigenvalue weighted by molar-refractivity contribution is -0.147. The molecule has 140 valence electrons. The Hall–Kier alpha value is -1.64.